The Kier molecular flexibility index (Phi) is 4.80. The van der Waals surface area contributed by atoms with Crippen molar-refractivity contribution >= 4 is 27.5 Å². The van der Waals surface area contributed by atoms with Gasteiger partial charge in [-0.1, -0.05) is 0 Å². The van der Waals surface area contributed by atoms with E-state index in [0.29, 0.717) is 4.47 Å². The van der Waals surface area contributed by atoms with Gasteiger partial charge in [0.05, 0.1) is 23.0 Å². The largest absolute Gasteiger partial charge is 0.349 e. The smallest absolute Gasteiger partial charge is 0.270 e. The fraction of sp³-hybridized carbons (Fsp3) is 0.273. The Balaban J connectivity index is 2.95. The Hall–Kier alpha value is -1.94. The Bertz CT molecular complexity index is 525. The van der Waals surface area contributed by atoms with Crippen LogP contribution in [0.15, 0.2) is 22.7 Å². The summed E-state index contributed by atoms with van der Waals surface area (Å²) in [4.78, 5) is 21.9. The summed E-state index contributed by atoms with van der Waals surface area (Å²) in [7, 11) is 0. The maximum Gasteiger partial charge on any atom is 0.270 e. The quantitative estimate of drug-likeness (QED) is 0.682. The summed E-state index contributed by atoms with van der Waals surface area (Å²) in [5.41, 5.74) is 0.0188. The molecule has 0 aliphatic heterocycles. The van der Waals surface area contributed by atoms with Crippen molar-refractivity contribution < 1.29 is 9.72 Å². The van der Waals surface area contributed by atoms with Crippen molar-refractivity contribution in [2.45, 2.75) is 19.4 Å². The predicted molar refractivity (Wildman–Crippen MR) is 68.0 cm³/mol. The zero-order valence-corrected chi connectivity index (χ0v) is 11.1. The van der Waals surface area contributed by atoms with Crippen molar-refractivity contribution in [1.29, 1.82) is 5.26 Å². The molecule has 0 saturated heterocycles. The van der Waals surface area contributed by atoms with Crippen molar-refractivity contribution in [3.8, 4) is 6.07 Å². The van der Waals surface area contributed by atoms with Crippen molar-refractivity contribution in [3.05, 3.63) is 38.3 Å². The minimum absolute atomic E-state index is 0.156. The standard InChI is InChI=1S/C11H10BrN3O3/c1-7(4-5-13)14-11(16)9-6-8(15(17)18)2-3-10(9)12/h2-3,6-7H,4H2,1H3,(H,14,16). The molecule has 1 N–H and O–H groups in total. The first-order valence-electron chi connectivity index (χ1n) is 5.07. The summed E-state index contributed by atoms with van der Waals surface area (Å²) in [5, 5.41) is 21.7. The highest BCUT2D eigenvalue weighted by atomic mass is 79.9. The normalized spacial score (nSPS) is 11.4. The number of hydrogen-bond acceptors (Lipinski definition) is 4. The van der Waals surface area contributed by atoms with Gasteiger partial charge in [0.1, 0.15) is 0 Å². The SMILES string of the molecule is CC(CC#N)NC(=O)c1cc([N+](=O)[O-])ccc1Br. The Labute approximate surface area is 112 Å². The Morgan fingerprint density at radius 3 is 2.89 bits per heavy atom. The molecule has 0 fully saturated rings. The van der Waals surface area contributed by atoms with E-state index in [1.54, 1.807) is 6.92 Å². The van der Waals surface area contributed by atoms with Gasteiger partial charge in [0.15, 0.2) is 0 Å². The summed E-state index contributed by atoms with van der Waals surface area (Å²) in [6.45, 7) is 1.69. The highest BCUT2D eigenvalue weighted by Crippen LogP contribution is 2.22. The third kappa shape index (κ3) is 3.53. The zero-order valence-electron chi connectivity index (χ0n) is 9.51. The molecular weight excluding hydrogens is 302 g/mol. The number of carbonyl (C=O) groups excluding carboxylic acids is 1. The number of nitriles is 1. The van der Waals surface area contributed by atoms with Crippen LogP contribution in [0.1, 0.15) is 23.7 Å². The first kappa shape index (κ1) is 14.1. The third-order valence-electron chi connectivity index (χ3n) is 2.18. The summed E-state index contributed by atoms with van der Waals surface area (Å²) in [6.07, 6.45) is 0.179. The second-order valence-electron chi connectivity index (χ2n) is 3.66. The number of nitro benzene ring substituents is 1. The number of carbonyl (C=O) groups is 1. The Morgan fingerprint density at radius 1 is 1.67 bits per heavy atom. The summed E-state index contributed by atoms with van der Waals surface area (Å²) in [6, 6.07) is 5.57. The molecule has 7 heteroatoms. The molecule has 0 saturated carbocycles. The van der Waals surface area contributed by atoms with E-state index in [1.165, 1.54) is 18.2 Å². The molecule has 18 heavy (non-hydrogen) atoms. The first-order chi connectivity index (χ1) is 8.45. The van der Waals surface area contributed by atoms with Gasteiger partial charge >= 0.3 is 0 Å². The van der Waals surface area contributed by atoms with Crippen molar-refractivity contribution in [2.75, 3.05) is 0 Å². The molecule has 1 aromatic carbocycles. The van der Waals surface area contributed by atoms with Crippen LogP contribution in [-0.2, 0) is 0 Å². The van der Waals surface area contributed by atoms with Crippen LogP contribution in [0.25, 0.3) is 0 Å². The number of rotatable bonds is 4. The number of non-ortho nitro benzene ring substituents is 1. The van der Waals surface area contributed by atoms with Crippen LogP contribution in [-0.4, -0.2) is 16.9 Å². The summed E-state index contributed by atoms with van der Waals surface area (Å²) in [5.74, 6) is -0.451. The molecule has 0 spiro atoms. The second kappa shape index (κ2) is 6.12. The third-order valence-corrected chi connectivity index (χ3v) is 2.87. The van der Waals surface area contributed by atoms with Crippen LogP contribution in [0.3, 0.4) is 0 Å². The number of benzene rings is 1. The zero-order chi connectivity index (χ0) is 13.7. The van der Waals surface area contributed by atoms with Crippen LogP contribution in [0.4, 0.5) is 5.69 Å². The first-order valence-corrected chi connectivity index (χ1v) is 5.86. The van der Waals surface area contributed by atoms with Gasteiger partial charge < -0.3 is 5.32 Å². The molecule has 0 aromatic heterocycles. The molecule has 0 bridgehead atoms. The van der Waals surface area contributed by atoms with Crippen LogP contribution >= 0.6 is 15.9 Å². The summed E-state index contributed by atoms with van der Waals surface area (Å²) >= 11 is 3.16. The summed E-state index contributed by atoms with van der Waals surface area (Å²) < 4.78 is 0.467. The molecule has 0 aliphatic rings. The minimum atomic E-state index is -0.568. The van der Waals surface area contributed by atoms with E-state index in [1.807, 2.05) is 6.07 Å². The number of halogens is 1. The van der Waals surface area contributed by atoms with E-state index in [0.717, 1.165) is 0 Å². The van der Waals surface area contributed by atoms with Gasteiger partial charge in [0, 0.05) is 22.6 Å². The average molecular weight is 312 g/mol. The van der Waals surface area contributed by atoms with Gasteiger partial charge in [-0.15, -0.1) is 0 Å². The molecule has 94 valence electrons. The minimum Gasteiger partial charge on any atom is -0.349 e. The molecule has 1 aromatic rings. The molecule has 0 radical (unpaired) electrons. The molecule has 0 aliphatic carbocycles. The van der Waals surface area contributed by atoms with E-state index < -0.39 is 10.8 Å². The number of hydrogen-bond donors (Lipinski definition) is 1. The average Bonchev–Trinajstić information content (AvgIpc) is 2.29. The van der Waals surface area contributed by atoms with E-state index in [9.17, 15) is 14.9 Å². The van der Waals surface area contributed by atoms with Gasteiger partial charge in [0.25, 0.3) is 11.6 Å². The predicted octanol–water partition coefficient (Wildman–Crippen LogP) is 2.39. The maximum absolute atomic E-state index is 11.9. The highest BCUT2D eigenvalue weighted by molar-refractivity contribution is 9.10. The molecule has 1 rings (SSSR count). The molecule has 1 atom stereocenters. The van der Waals surface area contributed by atoms with Crippen LogP contribution < -0.4 is 5.32 Å². The molecule has 6 nitrogen and oxygen atoms in total. The van der Waals surface area contributed by atoms with Crippen molar-refractivity contribution in [2.24, 2.45) is 0 Å². The molecule has 1 amide bonds. The van der Waals surface area contributed by atoms with Crippen LogP contribution in [0.5, 0.6) is 0 Å². The van der Waals surface area contributed by atoms with E-state index in [2.05, 4.69) is 21.2 Å². The lowest BCUT2D eigenvalue weighted by Gasteiger charge is -2.11. The van der Waals surface area contributed by atoms with E-state index in [4.69, 9.17) is 5.26 Å². The lowest BCUT2D eigenvalue weighted by molar-refractivity contribution is -0.384. The number of nitrogens with one attached hydrogen (secondary N) is 1. The fourth-order valence-electron chi connectivity index (χ4n) is 1.29. The Morgan fingerprint density at radius 2 is 2.33 bits per heavy atom. The number of amides is 1. The molecule has 0 heterocycles. The van der Waals surface area contributed by atoms with E-state index in [-0.39, 0.29) is 23.7 Å². The van der Waals surface area contributed by atoms with E-state index >= 15 is 0 Å². The van der Waals surface area contributed by atoms with Crippen molar-refractivity contribution in [3.63, 3.8) is 0 Å². The highest BCUT2D eigenvalue weighted by Gasteiger charge is 2.16. The second-order valence-corrected chi connectivity index (χ2v) is 4.51. The number of nitrogens with zero attached hydrogens (tertiary/aromatic N) is 2. The lowest BCUT2D eigenvalue weighted by atomic mass is 10.1. The van der Waals surface area contributed by atoms with Gasteiger partial charge in [-0.3, -0.25) is 14.9 Å². The van der Waals surface area contributed by atoms with Gasteiger partial charge in [-0.25, -0.2) is 0 Å². The maximum atomic E-state index is 11.9. The van der Waals surface area contributed by atoms with Gasteiger partial charge in [-0.05, 0) is 28.9 Å². The topological polar surface area (TPSA) is 96.0 Å². The molecule has 1 unspecified atom stereocenters. The number of nitro groups is 1. The van der Waals surface area contributed by atoms with Gasteiger partial charge in [0.2, 0.25) is 0 Å². The van der Waals surface area contributed by atoms with Crippen LogP contribution in [0, 0.1) is 21.4 Å². The fourth-order valence-corrected chi connectivity index (χ4v) is 1.72. The lowest BCUT2D eigenvalue weighted by Crippen LogP contribution is -2.32. The monoisotopic (exact) mass is 311 g/mol. The van der Waals surface area contributed by atoms with Gasteiger partial charge in [-0.2, -0.15) is 5.26 Å². The van der Waals surface area contributed by atoms with Crippen molar-refractivity contribution in [1.82, 2.24) is 5.32 Å². The molecular formula is C11H10BrN3O3. The van der Waals surface area contributed by atoms with Crippen LogP contribution in [0.2, 0.25) is 0 Å².